The molecule has 0 aliphatic rings. The van der Waals surface area contributed by atoms with Crippen molar-refractivity contribution in [2.45, 2.75) is 46.8 Å². The summed E-state index contributed by atoms with van der Waals surface area (Å²) in [5.74, 6) is -1.47. The van der Waals surface area contributed by atoms with Crippen LogP contribution < -0.4 is 5.32 Å². The molecule has 0 bridgehead atoms. The van der Waals surface area contributed by atoms with Crippen LogP contribution in [0.2, 0.25) is 0 Å². The normalized spacial score (nSPS) is 12.1. The largest absolute Gasteiger partial charge is 0.480 e. The zero-order valence-corrected chi connectivity index (χ0v) is 17.3. The summed E-state index contributed by atoms with van der Waals surface area (Å²) >= 11 is 0. The van der Waals surface area contributed by atoms with Crippen LogP contribution in [0.1, 0.15) is 49.2 Å². The number of carboxylic acids is 1. The lowest BCUT2D eigenvalue weighted by Crippen LogP contribution is -2.42. The maximum Gasteiger partial charge on any atom is 0.326 e. The molecule has 1 unspecified atom stereocenters. The van der Waals surface area contributed by atoms with E-state index in [9.17, 15) is 19.5 Å². The molecule has 0 radical (unpaired) electrons. The van der Waals surface area contributed by atoms with E-state index in [0.717, 1.165) is 11.1 Å². The van der Waals surface area contributed by atoms with Gasteiger partial charge in [0.1, 0.15) is 6.04 Å². The van der Waals surface area contributed by atoms with Gasteiger partial charge in [0.25, 0.3) is 5.91 Å². The van der Waals surface area contributed by atoms with Gasteiger partial charge in [-0.25, -0.2) is 4.79 Å². The average molecular weight is 396 g/mol. The third-order valence-electron chi connectivity index (χ3n) is 4.62. The Morgan fingerprint density at radius 3 is 2.07 bits per heavy atom. The Morgan fingerprint density at radius 2 is 1.55 bits per heavy atom. The van der Waals surface area contributed by atoms with Gasteiger partial charge < -0.3 is 15.3 Å². The summed E-state index contributed by atoms with van der Waals surface area (Å²) in [4.78, 5) is 37.8. The van der Waals surface area contributed by atoms with Crippen LogP contribution in [0.5, 0.6) is 0 Å². The Morgan fingerprint density at radius 1 is 0.966 bits per heavy atom. The number of carboxylic acid groups (broad SMARTS) is 1. The van der Waals surface area contributed by atoms with Crippen LogP contribution >= 0.6 is 0 Å². The van der Waals surface area contributed by atoms with E-state index in [1.165, 1.54) is 11.8 Å². The van der Waals surface area contributed by atoms with Gasteiger partial charge in [-0.3, -0.25) is 9.59 Å². The molecule has 6 heteroatoms. The Labute approximate surface area is 171 Å². The summed E-state index contributed by atoms with van der Waals surface area (Å²) in [6.45, 7) is 7.60. The number of carbonyl (C=O) groups excluding carboxylic acids is 2. The summed E-state index contributed by atoms with van der Waals surface area (Å²) in [5, 5.41) is 12.3. The highest BCUT2D eigenvalue weighted by molar-refractivity contribution is 5.96. The first-order valence-corrected chi connectivity index (χ1v) is 9.54. The van der Waals surface area contributed by atoms with Crippen molar-refractivity contribution in [3.05, 3.63) is 71.3 Å². The molecule has 0 saturated heterocycles. The molecule has 0 saturated carbocycles. The molecule has 2 amide bonds. The van der Waals surface area contributed by atoms with Crippen molar-refractivity contribution in [2.75, 3.05) is 0 Å². The first-order valence-electron chi connectivity index (χ1n) is 9.54. The second-order valence-corrected chi connectivity index (χ2v) is 8.06. The van der Waals surface area contributed by atoms with Gasteiger partial charge in [-0.15, -0.1) is 0 Å². The number of rotatable bonds is 7. The predicted molar refractivity (Wildman–Crippen MR) is 111 cm³/mol. The molecular formula is C23H28N2O4. The van der Waals surface area contributed by atoms with E-state index in [2.05, 4.69) is 5.32 Å². The molecule has 0 spiro atoms. The molecular weight excluding hydrogens is 368 g/mol. The standard InChI is InChI=1S/C23H28N2O4/c1-16(21(27)28)25(15-18-8-6-5-7-9-18)20(26)19-12-10-17(11-13-19)14-24-22(29)23(2,3)4/h5-13,16H,14-15H2,1-4H3,(H,24,29)(H,27,28). The zero-order chi connectivity index (χ0) is 21.6. The van der Waals surface area contributed by atoms with E-state index in [-0.39, 0.29) is 18.4 Å². The Kier molecular flexibility index (Phi) is 7.15. The van der Waals surface area contributed by atoms with Gasteiger partial charge in [0.15, 0.2) is 0 Å². The number of hydrogen-bond donors (Lipinski definition) is 2. The minimum Gasteiger partial charge on any atom is -0.480 e. The first kappa shape index (κ1) is 22.1. The highest BCUT2D eigenvalue weighted by Gasteiger charge is 2.26. The molecule has 1 atom stereocenters. The van der Waals surface area contributed by atoms with Crippen LogP contribution in [0.25, 0.3) is 0 Å². The van der Waals surface area contributed by atoms with Gasteiger partial charge in [-0.2, -0.15) is 0 Å². The minimum absolute atomic E-state index is 0.0537. The predicted octanol–water partition coefficient (Wildman–Crippen LogP) is 3.46. The smallest absolute Gasteiger partial charge is 0.326 e. The van der Waals surface area contributed by atoms with E-state index in [1.807, 2.05) is 51.1 Å². The molecule has 29 heavy (non-hydrogen) atoms. The molecule has 0 aliphatic heterocycles. The van der Waals surface area contributed by atoms with Crippen LogP contribution in [0, 0.1) is 5.41 Å². The number of aliphatic carboxylic acids is 1. The van der Waals surface area contributed by atoms with Gasteiger partial charge in [0.2, 0.25) is 5.91 Å². The van der Waals surface area contributed by atoms with E-state index in [0.29, 0.717) is 12.1 Å². The number of amides is 2. The van der Waals surface area contributed by atoms with Crippen LogP contribution in [0.15, 0.2) is 54.6 Å². The fourth-order valence-corrected chi connectivity index (χ4v) is 2.68. The minimum atomic E-state index is -1.06. The maximum absolute atomic E-state index is 13.0. The average Bonchev–Trinajstić information content (AvgIpc) is 2.69. The fourth-order valence-electron chi connectivity index (χ4n) is 2.68. The summed E-state index contributed by atoms with van der Waals surface area (Å²) < 4.78 is 0. The lowest BCUT2D eigenvalue weighted by molar-refractivity contribution is -0.141. The molecule has 2 aromatic carbocycles. The SMILES string of the molecule is CC(C(=O)O)N(Cc1ccccc1)C(=O)c1ccc(CNC(=O)C(C)(C)C)cc1. The molecule has 2 aromatic rings. The van der Waals surface area contributed by atoms with Gasteiger partial charge in [0, 0.05) is 24.1 Å². The van der Waals surface area contributed by atoms with E-state index in [4.69, 9.17) is 0 Å². The zero-order valence-electron chi connectivity index (χ0n) is 17.3. The molecule has 2 rings (SSSR count). The summed E-state index contributed by atoms with van der Waals surface area (Å²) in [6.07, 6.45) is 0. The van der Waals surface area contributed by atoms with Crippen molar-refractivity contribution in [2.24, 2.45) is 5.41 Å². The second kappa shape index (κ2) is 9.37. The molecule has 0 fully saturated rings. The number of hydrogen-bond acceptors (Lipinski definition) is 3. The molecule has 0 aliphatic carbocycles. The van der Waals surface area contributed by atoms with E-state index in [1.54, 1.807) is 24.3 Å². The Hall–Kier alpha value is -3.15. The molecule has 6 nitrogen and oxygen atoms in total. The van der Waals surface area contributed by atoms with Crippen molar-refractivity contribution in [1.82, 2.24) is 10.2 Å². The van der Waals surface area contributed by atoms with Crippen LogP contribution in [-0.4, -0.2) is 33.8 Å². The van der Waals surface area contributed by atoms with Crippen molar-refractivity contribution in [3.8, 4) is 0 Å². The van der Waals surface area contributed by atoms with Crippen molar-refractivity contribution < 1.29 is 19.5 Å². The van der Waals surface area contributed by atoms with Crippen molar-refractivity contribution in [3.63, 3.8) is 0 Å². The van der Waals surface area contributed by atoms with Crippen LogP contribution in [-0.2, 0) is 22.7 Å². The van der Waals surface area contributed by atoms with E-state index < -0.39 is 17.4 Å². The Balaban J connectivity index is 2.14. The first-order chi connectivity index (χ1) is 13.6. The highest BCUT2D eigenvalue weighted by atomic mass is 16.4. The Bertz CT molecular complexity index is 855. The highest BCUT2D eigenvalue weighted by Crippen LogP contribution is 2.16. The number of benzene rings is 2. The quantitative estimate of drug-likeness (QED) is 0.750. The van der Waals surface area contributed by atoms with Gasteiger partial charge in [-0.1, -0.05) is 63.2 Å². The van der Waals surface area contributed by atoms with Crippen LogP contribution in [0.4, 0.5) is 0 Å². The summed E-state index contributed by atoms with van der Waals surface area (Å²) in [5.41, 5.74) is 1.65. The monoisotopic (exact) mass is 396 g/mol. The molecule has 0 heterocycles. The molecule has 154 valence electrons. The third-order valence-corrected chi connectivity index (χ3v) is 4.62. The maximum atomic E-state index is 13.0. The second-order valence-electron chi connectivity index (χ2n) is 8.06. The lowest BCUT2D eigenvalue weighted by Gasteiger charge is -2.27. The molecule has 2 N–H and O–H groups in total. The number of nitrogens with zero attached hydrogens (tertiary/aromatic N) is 1. The lowest BCUT2D eigenvalue weighted by atomic mass is 9.95. The van der Waals surface area contributed by atoms with Gasteiger partial charge >= 0.3 is 5.97 Å². The summed E-state index contributed by atoms with van der Waals surface area (Å²) in [6, 6.07) is 15.2. The van der Waals surface area contributed by atoms with Crippen molar-refractivity contribution in [1.29, 1.82) is 0 Å². The molecule has 0 aromatic heterocycles. The topological polar surface area (TPSA) is 86.7 Å². The fraction of sp³-hybridized carbons (Fsp3) is 0.348. The number of carbonyl (C=O) groups is 3. The van der Waals surface area contributed by atoms with E-state index >= 15 is 0 Å². The van der Waals surface area contributed by atoms with Gasteiger partial charge in [-0.05, 0) is 30.2 Å². The number of nitrogens with one attached hydrogen (secondary N) is 1. The van der Waals surface area contributed by atoms with Crippen LogP contribution in [0.3, 0.4) is 0 Å². The third kappa shape index (κ3) is 6.17. The van der Waals surface area contributed by atoms with Crippen molar-refractivity contribution >= 4 is 17.8 Å². The summed E-state index contributed by atoms with van der Waals surface area (Å²) in [7, 11) is 0. The van der Waals surface area contributed by atoms with Gasteiger partial charge in [0.05, 0.1) is 0 Å².